The van der Waals surface area contributed by atoms with E-state index in [-0.39, 0.29) is 11.9 Å². The summed E-state index contributed by atoms with van der Waals surface area (Å²) in [6.07, 6.45) is 1.89. The van der Waals surface area contributed by atoms with Gasteiger partial charge in [-0.05, 0) is 36.1 Å². The van der Waals surface area contributed by atoms with Gasteiger partial charge in [0.05, 0.1) is 12.3 Å². The second kappa shape index (κ2) is 8.16. The molecule has 2 rings (SSSR count). The Labute approximate surface area is 149 Å². The fraction of sp³-hybridized carbons (Fsp3) is 0.316. The molecule has 5 nitrogen and oxygen atoms in total. The summed E-state index contributed by atoms with van der Waals surface area (Å²) in [6.45, 7) is 4.22. The lowest BCUT2D eigenvalue weighted by atomic mass is 9.96. The molecule has 2 N–H and O–H groups in total. The number of rotatable bonds is 7. The van der Waals surface area contributed by atoms with Crippen molar-refractivity contribution in [2.24, 2.45) is 5.92 Å². The van der Waals surface area contributed by atoms with Crippen molar-refractivity contribution in [3.8, 4) is 0 Å². The topological polar surface area (TPSA) is 75.3 Å². The van der Waals surface area contributed by atoms with E-state index in [1.54, 1.807) is 18.2 Å². The number of benzene rings is 2. The number of hydrogen-bond acceptors (Lipinski definition) is 3. The molecule has 134 valence electrons. The molecule has 0 aromatic heterocycles. The molecule has 1 atom stereocenters. The summed E-state index contributed by atoms with van der Waals surface area (Å²) in [5, 5.41) is 3.05. The first-order valence-electron chi connectivity index (χ1n) is 8.18. The molecular formula is C19H24N2O3S. The number of amides is 1. The zero-order chi connectivity index (χ0) is 18.4. The largest absolute Gasteiger partial charge is 0.345 e. The zero-order valence-corrected chi connectivity index (χ0v) is 15.5. The van der Waals surface area contributed by atoms with Crippen molar-refractivity contribution in [2.45, 2.75) is 26.3 Å². The summed E-state index contributed by atoms with van der Waals surface area (Å²) in [4.78, 5) is 12.6. The molecule has 0 heterocycles. The van der Waals surface area contributed by atoms with Crippen LogP contribution in [0.5, 0.6) is 0 Å². The van der Waals surface area contributed by atoms with Gasteiger partial charge in [-0.2, -0.15) is 0 Å². The number of sulfonamides is 1. The van der Waals surface area contributed by atoms with Gasteiger partial charge in [-0.15, -0.1) is 0 Å². The molecule has 0 radical (unpaired) electrons. The maximum atomic E-state index is 12.6. The third-order valence-corrected chi connectivity index (χ3v) is 4.25. The molecule has 0 spiro atoms. The lowest BCUT2D eigenvalue weighted by Crippen LogP contribution is -2.29. The summed E-state index contributed by atoms with van der Waals surface area (Å²) in [7, 11) is -3.38. The van der Waals surface area contributed by atoms with Gasteiger partial charge in [0.2, 0.25) is 10.0 Å². The van der Waals surface area contributed by atoms with Crippen molar-refractivity contribution >= 4 is 21.6 Å². The molecule has 0 fully saturated rings. The minimum Gasteiger partial charge on any atom is -0.345 e. The van der Waals surface area contributed by atoms with Crippen molar-refractivity contribution in [3.05, 3.63) is 65.7 Å². The predicted octanol–water partition coefficient (Wildman–Crippen LogP) is 3.58. The van der Waals surface area contributed by atoms with Crippen molar-refractivity contribution in [2.75, 3.05) is 11.0 Å². The van der Waals surface area contributed by atoms with Gasteiger partial charge in [0, 0.05) is 11.3 Å². The Balaban J connectivity index is 2.19. The minimum absolute atomic E-state index is 0.0970. The van der Waals surface area contributed by atoms with Crippen LogP contribution in [-0.2, 0) is 10.0 Å². The van der Waals surface area contributed by atoms with E-state index in [0.717, 1.165) is 18.2 Å². The third-order valence-electron chi connectivity index (χ3n) is 3.64. The minimum atomic E-state index is -3.38. The molecule has 0 bridgehead atoms. The van der Waals surface area contributed by atoms with Gasteiger partial charge in [0.1, 0.15) is 0 Å². The van der Waals surface area contributed by atoms with E-state index in [4.69, 9.17) is 0 Å². The van der Waals surface area contributed by atoms with E-state index in [9.17, 15) is 13.2 Å². The van der Waals surface area contributed by atoms with Crippen LogP contribution in [0.25, 0.3) is 0 Å². The maximum Gasteiger partial charge on any atom is 0.251 e. The smallest absolute Gasteiger partial charge is 0.251 e. The molecule has 0 aliphatic rings. The summed E-state index contributed by atoms with van der Waals surface area (Å²) in [5.41, 5.74) is 1.84. The highest BCUT2D eigenvalue weighted by Crippen LogP contribution is 2.22. The number of nitrogens with one attached hydrogen (secondary N) is 2. The monoisotopic (exact) mass is 360 g/mol. The lowest BCUT2D eigenvalue weighted by molar-refractivity contribution is 0.0932. The molecule has 0 saturated heterocycles. The maximum absolute atomic E-state index is 12.6. The van der Waals surface area contributed by atoms with Gasteiger partial charge in [-0.3, -0.25) is 9.52 Å². The van der Waals surface area contributed by atoms with Crippen LogP contribution in [0.15, 0.2) is 54.6 Å². The van der Waals surface area contributed by atoms with Crippen LogP contribution in [0.3, 0.4) is 0 Å². The molecule has 0 aliphatic carbocycles. The number of anilines is 1. The normalized spacial score (nSPS) is 12.6. The van der Waals surface area contributed by atoms with Crippen LogP contribution < -0.4 is 10.0 Å². The van der Waals surface area contributed by atoms with Crippen molar-refractivity contribution in [3.63, 3.8) is 0 Å². The molecule has 0 aliphatic heterocycles. The van der Waals surface area contributed by atoms with E-state index in [1.807, 2.05) is 30.3 Å². The molecule has 2 aromatic carbocycles. The Morgan fingerprint density at radius 2 is 1.72 bits per heavy atom. The highest BCUT2D eigenvalue weighted by atomic mass is 32.2. The predicted molar refractivity (Wildman–Crippen MR) is 101 cm³/mol. The van der Waals surface area contributed by atoms with Crippen LogP contribution in [0, 0.1) is 5.92 Å². The summed E-state index contributed by atoms with van der Waals surface area (Å²) < 4.78 is 25.1. The molecule has 2 aromatic rings. The number of hydrogen-bond donors (Lipinski definition) is 2. The van der Waals surface area contributed by atoms with Crippen LogP contribution in [0.1, 0.15) is 42.2 Å². The first-order chi connectivity index (χ1) is 11.7. The Hall–Kier alpha value is -2.34. The van der Waals surface area contributed by atoms with Gasteiger partial charge in [0.25, 0.3) is 5.91 Å². The Kier molecular flexibility index (Phi) is 6.20. The highest BCUT2D eigenvalue weighted by Gasteiger charge is 2.17. The second-order valence-electron chi connectivity index (χ2n) is 6.52. The van der Waals surface area contributed by atoms with Crippen LogP contribution in [0.4, 0.5) is 5.69 Å². The van der Waals surface area contributed by atoms with Crippen molar-refractivity contribution in [1.82, 2.24) is 5.32 Å². The van der Waals surface area contributed by atoms with E-state index in [1.165, 1.54) is 6.07 Å². The van der Waals surface area contributed by atoms with Gasteiger partial charge in [-0.1, -0.05) is 50.2 Å². The first kappa shape index (κ1) is 19.0. The van der Waals surface area contributed by atoms with Gasteiger partial charge < -0.3 is 5.32 Å². The second-order valence-corrected chi connectivity index (χ2v) is 8.27. The van der Waals surface area contributed by atoms with E-state index in [2.05, 4.69) is 23.9 Å². The van der Waals surface area contributed by atoms with E-state index >= 15 is 0 Å². The fourth-order valence-electron chi connectivity index (χ4n) is 2.61. The molecule has 6 heteroatoms. The average Bonchev–Trinajstić information content (AvgIpc) is 2.53. The van der Waals surface area contributed by atoms with Crippen molar-refractivity contribution in [1.29, 1.82) is 0 Å². The van der Waals surface area contributed by atoms with E-state index in [0.29, 0.717) is 17.2 Å². The molecule has 25 heavy (non-hydrogen) atoms. The molecular weight excluding hydrogens is 336 g/mol. The van der Waals surface area contributed by atoms with Crippen LogP contribution in [0.2, 0.25) is 0 Å². The summed E-state index contributed by atoms with van der Waals surface area (Å²) >= 11 is 0. The van der Waals surface area contributed by atoms with Gasteiger partial charge in [-0.25, -0.2) is 8.42 Å². The number of carbonyl (C=O) groups excluding carboxylic acids is 1. The van der Waals surface area contributed by atoms with E-state index < -0.39 is 10.0 Å². The molecule has 0 saturated carbocycles. The summed E-state index contributed by atoms with van der Waals surface area (Å²) in [5.74, 6) is 0.190. The Morgan fingerprint density at radius 1 is 1.04 bits per heavy atom. The first-order valence-corrected chi connectivity index (χ1v) is 10.1. The third kappa shape index (κ3) is 6.23. The zero-order valence-electron chi connectivity index (χ0n) is 14.7. The SMILES string of the molecule is CC(C)C[C@H](NC(=O)c1cccc(NS(C)(=O)=O)c1)c1ccccc1. The Morgan fingerprint density at radius 3 is 2.32 bits per heavy atom. The Bertz CT molecular complexity index is 818. The quantitative estimate of drug-likeness (QED) is 0.792. The van der Waals surface area contributed by atoms with Crippen LogP contribution in [-0.4, -0.2) is 20.6 Å². The van der Waals surface area contributed by atoms with Gasteiger partial charge in [0.15, 0.2) is 0 Å². The van der Waals surface area contributed by atoms with Crippen LogP contribution >= 0.6 is 0 Å². The molecule has 0 unspecified atom stereocenters. The van der Waals surface area contributed by atoms with Crippen molar-refractivity contribution < 1.29 is 13.2 Å². The highest BCUT2D eigenvalue weighted by molar-refractivity contribution is 7.92. The lowest BCUT2D eigenvalue weighted by Gasteiger charge is -2.21. The average molecular weight is 360 g/mol. The fourth-order valence-corrected chi connectivity index (χ4v) is 3.17. The summed E-state index contributed by atoms with van der Waals surface area (Å²) in [6, 6.07) is 16.2. The number of carbonyl (C=O) groups is 1. The molecule has 1 amide bonds. The standard InChI is InChI=1S/C19H24N2O3S/c1-14(2)12-18(15-8-5-4-6-9-15)20-19(22)16-10-7-11-17(13-16)21-25(3,23)24/h4-11,13-14,18,21H,12H2,1-3H3,(H,20,22)/t18-/m0/s1. The van der Waals surface area contributed by atoms with Gasteiger partial charge >= 0.3 is 0 Å².